The molecule has 54 valence electrons. The van der Waals surface area contributed by atoms with Crippen LogP contribution in [0.5, 0.6) is 0 Å². The van der Waals surface area contributed by atoms with Gasteiger partial charge in [0, 0.05) is 0 Å². The predicted molar refractivity (Wildman–Crippen MR) is 51.9 cm³/mol. The van der Waals surface area contributed by atoms with Crippen LogP contribution < -0.4 is 14.8 Å². The van der Waals surface area contributed by atoms with E-state index in [0.29, 0.717) is 0 Å². The smallest absolute Gasteiger partial charge is 0.0725 e. The van der Waals surface area contributed by atoms with Gasteiger partial charge in [0.2, 0.25) is 0 Å². The number of hydrogen-bond donors (Lipinski definition) is 3. The Morgan fingerprint density at radius 3 is 2.20 bits per heavy atom. The summed E-state index contributed by atoms with van der Waals surface area (Å²) in [5.41, 5.74) is 4.47. The molecule has 0 aliphatic heterocycles. The summed E-state index contributed by atoms with van der Waals surface area (Å²) < 4.78 is 2.97. The molecular weight excluding hydrogens is 241 g/mol. The molecule has 10 heavy (non-hydrogen) atoms. The highest BCUT2D eigenvalue weighted by Gasteiger charge is 1.94. The number of benzene rings is 1. The van der Waals surface area contributed by atoms with Gasteiger partial charge in [-0.2, -0.15) is 0 Å². The van der Waals surface area contributed by atoms with Gasteiger partial charge >= 0.3 is 0 Å². The summed E-state index contributed by atoms with van der Waals surface area (Å²) in [7, 11) is 0. The third kappa shape index (κ3) is 1.51. The summed E-state index contributed by atoms with van der Waals surface area (Å²) >= 11 is 2.06. The number of nitrogen functional groups attached to an aromatic ring is 1. The van der Waals surface area contributed by atoms with E-state index in [1.165, 1.54) is 0 Å². The lowest BCUT2D eigenvalue weighted by molar-refractivity contribution is 1.36. The zero-order chi connectivity index (χ0) is 7.40. The molecule has 4 N–H and O–H groups in total. The predicted octanol–water partition coefficient (Wildman–Crippen LogP) is 1.73. The largest absolute Gasteiger partial charge is 0.327 e. The first-order chi connectivity index (χ1) is 4.88. The van der Waals surface area contributed by atoms with Crippen LogP contribution in [0.4, 0.5) is 11.4 Å². The van der Waals surface area contributed by atoms with Crippen molar-refractivity contribution in [3.8, 4) is 0 Å². The van der Waals surface area contributed by atoms with E-state index >= 15 is 0 Å². The second kappa shape index (κ2) is 3.62. The molecule has 3 nitrogen and oxygen atoms in total. The fourth-order valence-corrected chi connectivity index (χ4v) is 1.16. The maximum absolute atomic E-state index is 5.23. The van der Waals surface area contributed by atoms with Crippen LogP contribution >= 0.6 is 22.9 Å². The highest BCUT2D eigenvalue weighted by Crippen LogP contribution is 2.20. The number of nitrogens with one attached hydrogen (secondary N) is 2. The van der Waals surface area contributed by atoms with Crippen LogP contribution in [0.25, 0.3) is 0 Å². The van der Waals surface area contributed by atoms with Gasteiger partial charge in [0.1, 0.15) is 0 Å². The van der Waals surface area contributed by atoms with Crippen LogP contribution in [-0.4, -0.2) is 0 Å². The molecule has 1 aromatic carbocycles. The van der Waals surface area contributed by atoms with Crippen LogP contribution in [0.15, 0.2) is 24.3 Å². The van der Waals surface area contributed by atoms with Gasteiger partial charge in [-0.25, -0.2) is 0 Å². The molecule has 0 aliphatic rings. The lowest BCUT2D eigenvalue weighted by atomic mass is 10.3. The van der Waals surface area contributed by atoms with Gasteiger partial charge in [0.15, 0.2) is 0 Å². The van der Waals surface area contributed by atoms with Crippen LogP contribution in [-0.2, 0) is 0 Å². The van der Waals surface area contributed by atoms with E-state index in [0.717, 1.165) is 11.4 Å². The molecule has 0 saturated carbocycles. The molecule has 0 aromatic heterocycles. The van der Waals surface area contributed by atoms with E-state index in [1.54, 1.807) is 0 Å². The average Bonchev–Trinajstić information content (AvgIpc) is 2.04. The van der Waals surface area contributed by atoms with Gasteiger partial charge in [-0.05, 0) is 12.1 Å². The Morgan fingerprint density at radius 2 is 1.80 bits per heavy atom. The summed E-state index contributed by atoms with van der Waals surface area (Å²) in [5.74, 6) is 5.23. The normalized spacial score (nSPS) is 9.00. The SMILES string of the molecule is NNc1ccccc1NI. The Morgan fingerprint density at radius 1 is 1.20 bits per heavy atom. The number of para-hydroxylation sites is 2. The molecule has 1 aromatic rings. The van der Waals surface area contributed by atoms with Crippen LogP contribution in [0, 0.1) is 0 Å². The van der Waals surface area contributed by atoms with Crippen molar-refractivity contribution in [2.45, 2.75) is 0 Å². The minimum Gasteiger partial charge on any atom is -0.327 e. The van der Waals surface area contributed by atoms with Gasteiger partial charge in [0.25, 0.3) is 0 Å². The number of anilines is 2. The van der Waals surface area contributed by atoms with Crippen molar-refractivity contribution in [2.24, 2.45) is 5.84 Å². The van der Waals surface area contributed by atoms with Gasteiger partial charge in [0.05, 0.1) is 34.2 Å². The number of nitrogens with two attached hydrogens (primary N) is 1. The highest BCUT2D eigenvalue weighted by molar-refractivity contribution is 14.1. The molecule has 0 saturated heterocycles. The fraction of sp³-hybridized carbons (Fsp3) is 0. The second-order valence-electron chi connectivity index (χ2n) is 1.78. The van der Waals surface area contributed by atoms with Crippen molar-refractivity contribution in [3.05, 3.63) is 24.3 Å². The molecule has 0 atom stereocenters. The first-order valence-electron chi connectivity index (χ1n) is 2.81. The topological polar surface area (TPSA) is 50.1 Å². The Bertz CT molecular complexity index is 191. The zero-order valence-electron chi connectivity index (χ0n) is 5.26. The quantitative estimate of drug-likeness (QED) is 0.324. The highest BCUT2D eigenvalue weighted by atomic mass is 127. The maximum atomic E-state index is 5.23. The van der Waals surface area contributed by atoms with Crippen LogP contribution in [0.3, 0.4) is 0 Å². The van der Waals surface area contributed by atoms with Gasteiger partial charge < -0.3 is 8.96 Å². The van der Waals surface area contributed by atoms with Crippen molar-refractivity contribution < 1.29 is 0 Å². The van der Waals surface area contributed by atoms with E-state index in [4.69, 9.17) is 5.84 Å². The first kappa shape index (κ1) is 7.62. The summed E-state index contributed by atoms with van der Waals surface area (Å²) in [5, 5.41) is 0. The summed E-state index contributed by atoms with van der Waals surface area (Å²) in [4.78, 5) is 0. The van der Waals surface area contributed by atoms with Gasteiger partial charge in [-0.1, -0.05) is 12.1 Å². The molecule has 0 aliphatic carbocycles. The molecule has 1 rings (SSSR count). The molecular formula is C6H8IN3. The van der Waals surface area contributed by atoms with Crippen molar-refractivity contribution in [1.29, 1.82) is 0 Å². The lowest BCUT2D eigenvalue weighted by Crippen LogP contribution is -2.07. The minimum atomic E-state index is 0.900. The van der Waals surface area contributed by atoms with E-state index < -0.39 is 0 Å². The van der Waals surface area contributed by atoms with E-state index in [2.05, 4.69) is 31.8 Å². The number of halogens is 1. The molecule has 0 radical (unpaired) electrons. The van der Waals surface area contributed by atoms with Crippen molar-refractivity contribution >= 4 is 34.2 Å². The molecule has 0 fully saturated rings. The van der Waals surface area contributed by atoms with E-state index in [-0.39, 0.29) is 0 Å². The van der Waals surface area contributed by atoms with Gasteiger partial charge in [-0.15, -0.1) is 0 Å². The fourth-order valence-electron chi connectivity index (χ4n) is 0.691. The molecule has 4 heteroatoms. The van der Waals surface area contributed by atoms with Crippen molar-refractivity contribution in [1.82, 2.24) is 0 Å². The molecule has 0 heterocycles. The first-order valence-corrected chi connectivity index (χ1v) is 3.88. The second-order valence-corrected chi connectivity index (χ2v) is 2.32. The van der Waals surface area contributed by atoms with E-state index in [9.17, 15) is 0 Å². The Labute approximate surface area is 73.5 Å². The van der Waals surface area contributed by atoms with E-state index in [1.807, 2.05) is 24.3 Å². The summed E-state index contributed by atoms with van der Waals surface area (Å²) in [6, 6.07) is 7.72. The zero-order valence-corrected chi connectivity index (χ0v) is 7.42. The maximum Gasteiger partial charge on any atom is 0.0725 e. The Hall–Kier alpha value is -0.490. The Kier molecular flexibility index (Phi) is 2.76. The van der Waals surface area contributed by atoms with Crippen molar-refractivity contribution in [3.63, 3.8) is 0 Å². The molecule has 0 unspecified atom stereocenters. The summed E-state index contributed by atoms with van der Waals surface area (Å²) in [6.07, 6.45) is 0. The molecule has 0 amide bonds. The minimum absolute atomic E-state index is 0.900. The number of hydrazine groups is 1. The number of rotatable bonds is 2. The molecule has 0 bridgehead atoms. The standard InChI is InChI=1S/C6H8IN3/c7-9-5-3-1-2-4-6(5)10-8/h1-4,9-10H,8H2. The van der Waals surface area contributed by atoms with Crippen LogP contribution in [0.2, 0.25) is 0 Å². The Balaban J connectivity index is 2.96. The lowest BCUT2D eigenvalue weighted by Gasteiger charge is -2.04. The third-order valence-corrected chi connectivity index (χ3v) is 1.77. The van der Waals surface area contributed by atoms with Gasteiger partial charge in [-0.3, -0.25) is 5.84 Å². The van der Waals surface area contributed by atoms with Crippen molar-refractivity contribution in [2.75, 3.05) is 8.96 Å². The molecule has 0 spiro atoms. The number of hydrogen-bond acceptors (Lipinski definition) is 3. The third-order valence-electron chi connectivity index (χ3n) is 1.18. The summed E-state index contributed by atoms with van der Waals surface area (Å²) in [6.45, 7) is 0. The van der Waals surface area contributed by atoms with Crippen LogP contribution in [0.1, 0.15) is 0 Å². The monoisotopic (exact) mass is 249 g/mol. The average molecular weight is 249 g/mol.